The number of phenolic OH excluding ortho intramolecular Hbond substituents is 1. The first-order chi connectivity index (χ1) is 12.1. The van der Waals surface area contributed by atoms with E-state index in [2.05, 4.69) is 15.2 Å². The second-order valence-corrected chi connectivity index (χ2v) is 6.09. The van der Waals surface area contributed by atoms with E-state index >= 15 is 0 Å². The first-order valence-electron chi connectivity index (χ1n) is 8.08. The first kappa shape index (κ1) is 15.2. The predicted molar refractivity (Wildman–Crippen MR) is 99.5 cm³/mol. The highest BCUT2D eigenvalue weighted by atomic mass is 16.3. The molecule has 1 unspecified atom stereocenters. The SMILES string of the molecule is CC(c1ccc(O)cc1)c1[nH][nH]c(=O)c1C=C1C=Nc2ccccc21. The van der Waals surface area contributed by atoms with Crippen molar-refractivity contribution in [3.05, 3.63) is 81.3 Å². The number of hydrogen-bond donors (Lipinski definition) is 3. The summed E-state index contributed by atoms with van der Waals surface area (Å²) in [6, 6.07) is 14.9. The fraction of sp³-hybridized carbons (Fsp3) is 0.100. The minimum Gasteiger partial charge on any atom is -0.508 e. The van der Waals surface area contributed by atoms with Crippen molar-refractivity contribution in [3.63, 3.8) is 0 Å². The second kappa shape index (κ2) is 5.94. The van der Waals surface area contributed by atoms with Crippen LogP contribution in [0.4, 0.5) is 5.69 Å². The van der Waals surface area contributed by atoms with Gasteiger partial charge in [0.05, 0.1) is 16.9 Å². The maximum absolute atomic E-state index is 12.3. The maximum atomic E-state index is 12.3. The summed E-state index contributed by atoms with van der Waals surface area (Å²) < 4.78 is 0. The average molecular weight is 331 g/mol. The minimum atomic E-state index is -0.161. The van der Waals surface area contributed by atoms with Gasteiger partial charge < -0.3 is 10.2 Å². The Morgan fingerprint density at radius 3 is 2.64 bits per heavy atom. The van der Waals surface area contributed by atoms with Crippen LogP contribution in [0, 0.1) is 0 Å². The quantitative estimate of drug-likeness (QED) is 0.682. The van der Waals surface area contributed by atoms with Crippen LogP contribution in [-0.4, -0.2) is 21.5 Å². The van der Waals surface area contributed by atoms with Crippen LogP contribution in [0.15, 0.2) is 58.3 Å². The molecule has 0 bridgehead atoms. The Hall–Kier alpha value is -3.34. The number of fused-ring (bicyclic) bond motifs is 1. The minimum absolute atomic E-state index is 0.0278. The standard InChI is InChI=1S/C20H17N3O2/c1-12(13-6-8-15(24)9-7-13)19-17(20(25)23-22-19)10-14-11-21-18-5-3-2-4-16(14)18/h2-12,24H,1H3,(H2,22,23,25). The van der Waals surface area contributed by atoms with Gasteiger partial charge in [0.2, 0.25) is 0 Å². The van der Waals surface area contributed by atoms with Crippen LogP contribution in [0.1, 0.15) is 35.2 Å². The lowest BCUT2D eigenvalue weighted by Gasteiger charge is -2.11. The Morgan fingerprint density at radius 2 is 1.84 bits per heavy atom. The summed E-state index contributed by atoms with van der Waals surface area (Å²) in [7, 11) is 0. The number of nitrogens with one attached hydrogen (secondary N) is 2. The third-order valence-electron chi connectivity index (χ3n) is 4.53. The molecule has 0 saturated heterocycles. The molecular formula is C20H17N3O2. The van der Waals surface area contributed by atoms with Crippen molar-refractivity contribution in [2.75, 3.05) is 0 Å². The summed E-state index contributed by atoms with van der Waals surface area (Å²) >= 11 is 0. The third kappa shape index (κ3) is 2.70. The fourth-order valence-electron chi connectivity index (χ4n) is 3.11. The molecule has 2 heterocycles. The Labute approximate surface area is 144 Å². The van der Waals surface area contributed by atoms with Gasteiger partial charge in [-0.1, -0.05) is 37.3 Å². The van der Waals surface area contributed by atoms with Gasteiger partial charge in [-0.15, -0.1) is 0 Å². The normalized spacial score (nSPS) is 15.5. The molecule has 0 fully saturated rings. The van der Waals surface area contributed by atoms with Gasteiger partial charge in [-0.2, -0.15) is 0 Å². The number of benzene rings is 2. The van der Waals surface area contributed by atoms with Gasteiger partial charge in [0.15, 0.2) is 0 Å². The molecule has 1 aliphatic heterocycles. The molecule has 1 aliphatic rings. The van der Waals surface area contributed by atoms with Crippen molar-refractivity contribution in [2.45, 2.75) is 12.8 Å². The Bertz CT molecular complexity index is 1040. The number of aliphatic imine (C=N–C) groups is 1. The zero-order chi connectivity index (χ0) is 17.4. The van der Waals surface area contributed by atoms with E-state index < -0.39 is 0 Å². The zero-order valence-corrected chi connectivity index (χ0v) is 13.7. The molecular weight excluding hydrogens is 314 g/mol. The van der Waals surface area contributed by atoms with Gasteiger partial charge in [-0.05, 0) is 29.8 Å². The van der Waals surface area contributed by atoms with Crippen molar-refractivity contribution < 1.29 is 5.11 Å². The Kier molecular flexibility index (Phi) is 3.61. The van der Waals surface area contributed by atoms with E-state index in [-0.39, 0.29) is 17.2 Å². The average Bonchev–Trinajstić information content (AvgIpc) is 3.20. The van der Waals surface area contributed by atoms with Crippen molar-refractivity contribution in [2.24, 2.45) is 4.99 Å². The molecule has 0 aliphatic carbocycles. The predicted octanol–water partition coefficient (Wildman–Crippen LogP) is 3.82. The van der Waals surface area contributed by atoms with Gasteiger partial charge in [0.25, 0.3) is 5.56 Å². The number of para-hydroxylation sites is 1. The highest BCUT2D eigenvalue weighted by molar-refractivity contribution is 6.21. The lowest BCUT2D eigenvalue weighted by molar-refractivity contribution is 0.475. The molecule has 5 nitrogen and oxygen atoms in total. The molecule has 0 amide bonds. The van der Waals surface area contributed by atoms with Crippen molar-refractivity contribution in [1.82, 2.24) is 10.2 Å². The van der Waals surface area contributed by atoms with Crippen LogP contribution in [0.3, 0.4) is 0 Å². The van der Waals surface area contributed by atoms with Gasteiger partial charge in [-0.3, -0.25) is 14.9 Å². The van der Waals surface area contributed by atoms with Crippen LogP contribution in [0.2, 0.25) is 0 Å². The monoisotopic (exact) mass is 331 g/mol. The van der Waals surface area contributed by atoms with E-state index in [9.17, 15) is 9.90 Å². The lowest BCUT2D eigenvalue weighted by atomic mass is 9.94. The molecule has 124 valence electrons. The lowest BCUT2D eigenvalue weighted by Crippen LogP contribution is -2.05. The molecule has 1 atom stereocenters. The summed E-state index contributed by atoms with van der Waals surface area (Å²) in [5, 5.41) is 15.1. The van der Waals surface area contributed by atoms with E-state index in [1.54, 1.807) is 18.3 Å². The summed E-state index contributed by atoms with van der Waals surface area (Å²) in [6.07, 6.45) is 3.66. The third-order valence-corrected chi connectivity index (χ3v) is 4.53. The van der Waals surface area contributed by atoms with E-state index in [0.717, 1.165) is 28.1 Å². The van der Waals surface area contributed by atoms with Gasteiger partial charge in [0, 0.05) is 23.3 Å². The van der Waals surface area contributed by atoms with E-state index in [0.29, 0.717) is 5.56 Å². The topological polar surface area (TPSA) is 81.2 Å². The van der Waals surface area contributed by atoms with Crippen LogP contribution >= 0.6 is 0 Å². The molecule has 5 heteroatoms. The van der Waals surface area contributed by atoms with Crippen LogP contribution in [0.5, 0.6) is 5.75 Å². The van der Waals surface area contributed by atoms with E-state index in [1.807, 2.05) is 49.4 Å². The van der Waals surface area contributed by atoms with E-state index in [1.165, 1.54) is 0 Å². The second-order valence-electron chi connectivity index (χ2n) is 6.09. The molecule has 2 aromatic carbocycles. The van der Waals surface area contributed by atoms with Crippen molar-refractivity contribution in [1.29, 1.82) is 0 Å². The van der Waals surface area contributed by atoms with Gasteiger partial charge in [-0.25, -0.2) is 0 Å². The maximum Gasteiger partial charge on any atom is 0.271 e. The van der Waals surface area contributed by atoms with Crippen molar-refractivity contribution >= 4 is 23.6 Å². The highest BCUT2D eigenvalue weighted by Crippen LogP contribution is 2.33. The summed E-state index contributed by atoms with van der Waals surface area (Å²) in [5.74, 6) is 0.194. The number of rotatable bonds is 3. The van der Waals surface area contributed by atoms with Crippen LogP contribution < -0.4 is 5.56 Å². The number of aromatic amines is 2. The van der Waals surface area contributed by atoms with Gasteiger partial charge in [0.1, 0.15) is 5.75 Å². The largest absolute Gasteiger partial charge is 0.508 e. The fourth-order valence-corrected chi connectivity index (χ4v) is 3.11. The Balaban J connectivity index is 1.77. The smallest absolute Gasteiger partial charge is 0.271 e. The highest BCUT2D eigenvalue weighted by Gasteiger charge is 2.19. The molecule has 3 aromatic rings. The number of phenols is 1. The number of nitrogens with zero attached hydrogens (tertiary/aromatic N) is 1. The molecule has 25 heavy (non-hydrogen) atoms. The molecule has 0 spiro atoms. The molecule has 3 N–H and O–H groups in total. The summed E-state index contributed by atoms with van der Waals surface area (Å²) in [4.78, 5) is 16.7. The van der Waals surface area contributed by atoms with Crippen LogP contribution in [-0.2, 0) is 0 Å². The summed E-state index contributed by atoms with van der Waals surface area (Å²) in [5.41, 5.74) is 5.10. The molecule has 4 rings (SSSR count). The number of aromatic nitrogens is 2. The Morgan fingerprint density at radius 1 is 1.08 bits per heavy atom. The zero-order valence-electron chi connectivity index (χ0n) is 13.7. The molecule has 0 saturated carbocycles. The molecule has 1 aromatic heterocycles. The van der Waals surface area contributed by atoms with Gasteiger partial charge >= 0.3 is 0 Å². The number of aromatic hydroxyl groups is 1. The number of H-pyrrole nitrogens is 2. The molecule has 0 radical (unpaired) electrons. The van der Waals surface area contributed by atoms with Crippen molar-refractivity contribution in [3.8, 4) is 5.75 Å². The number of hydrogen-bond acceptors (Lipinski definition) is 3. The van der Waals surface area contributed by atoms with E-state index in [4.69, 9.17) is 0 Å². The van der Waals surface area contributed by atoms with Crippen LogP contribution in [0.25, 0.3) is 11.6 Å². The number of allylic oxidation sites excluding steroid dienone is 1. The summed E-state index contributed by atoms with van der Waals surface area (Å²) in [6.45, 7) is 2.02. The first-order valence-corrected chi connectivity index (χ1v) is 8.08.